The lowest BCUT2D eigenvalue weighted by molar-refractivity contribution is -0.152. The van der Waals surface area contributed by atoms with E-state index in [0.29, 0.717) is 6.47 Å². The molecule has 0 N–H and O–H groups in total. The summed E-state index contributed by atoms with van der Waals surface area (Å²) in [7, 11) is 0. The van der Waals surface area contributed by atoms with Crippen LogP contribution in [0.5, 0.6) is 0 Å². The van der Waals surface area contributed by atoms with Gasteiger partial charge < -0.3 is 4.74 Å². The predicted molar refractivity (Wildman–Crippen MR) is 49.9 cm³/mol. The van der Waals surface area contributed by atoms with Gasteiger partial charge >= 0.3 is 0 Å². The van der Waals surface area contributed by atoms with Crippen molar-refractivity contribution in [3.63, 3.8) is 0 Å². The second-order valence-electron chi connectivity index (χ2n) is 4.36. The quantitative estimate of drug-likeness (QED) is 0.596. The van der Waals surface area contributed by atoms with E-state index in [2.05, 4.69) is 20.8 Å². The first kappa shape index (κ1) is 11.5. The van der Waals surface area contributed by atoms with Gasteiger partial charge in [-0.3, -0.25) is 4.79 Å². The first-order chi connectivity index (χ1) is 5.37. The third-order valence-electron chi connectivity index (χ3n) is 2.85. The predicted octanol–water partition coefficient (Wildman–Crippen LogP) is 2.76. The van der Waals surface area contributed by atoms with E-state index in [0.717, 1.165) is 12.8 Å². The third-order valence-corrected chi connectivity index (χ3v) is 2.85. The van der Waals surface area contributed by atoms with Gasteiger partial charge in [-0.15, -0.1) is 0 Å². The molecule has 2 heteroatoms. The Morgan fingerprint density at radius 1 is 1.25 bits per heavy atom. The van der Waals surface area contributed by atoms with Gasteiger partial charge in [0.05, 0.1) is 0 Å². The van der Waals surface area contributed by atoms with Crippen LogP contribution in [-0.4, -0.2) is 12.1 Å². The zero-order valence-electron chi connectivity index (χ0n) is 8.81. The lowest BCUT2D eigenvalue weighted by Gasteiger charge is -2.39. The van der Waals surface area contributed by atoms with Crippen molar-refractivity contribution >= 4 is 6.47 Å². The van der Waals surface area contributed by atoms with E-state index in [1.165, 1.54) is 0 Å². The number of ether oxygens (including phenoxy) is 1. The molecule has 0 atom stereocenters. The van der Waals surface area contributed by atoms with Crippen molar-refractivity contribution < 1.29 is 9.53 Å². The highest BCUT2D eigenvalue weighted by Gasteiger charge is 2.37. The summed E-state index contributed by atoms with van der Waals surface area (Å²) in [6.45, 7) is 10.8. The van der Waals surface area contributed by atoms with Gasteiger partial charge in [-0.1, -0.05) is 27.2 Å². The Bertz CT molecular complexity index is 148. The van der Waals surface area contributed by atoms with E-state index in [-0.39, 0.29) is 11.0 Å². The zero-order chi connectivity index (χ0) is 9.83. The van der Waals surface area contributed by atoms with Crippen molar-refractivity contribution in [2.24, 2.45) is 5.41 Å². The molecule has 0 saturated carbocycles. The van der Waals surface area contributed by atoms with Crippen LogP contribution in [0.1, 0.15) is 47.5 Å². The van der Waals surface area contributed by atoms with Gasteiger partial charge in [0.25, 0.3) is 6.47 Å². The summed E-state index contributed by atoms with van der Waals surface area (Å²) >= 11 is 0. The molecule has 0 aliphatic rings. The highest BCUT2D eigenvalue weighted by Crippen LogP contribution is 2.37. The fourth-order valence-corrected chi connectivity index (χ4v) is 1.21. The van der Waals surface area contributed by atoms with Crippen LogP contribution in [0.25, 0.3) is 0 Å². The maximum Gasteiger partial charge on any atom is 0.293 e. The van der Waals surface area contributed by atoms with E-state index in [1.807, 2.05) is 13.8 Å². The molecule has 2 nitrogen and oxygen atoms in total. The molecule has 0 saturated heterocycles. The molecule has 72 valence electrons. The van der Waals surface area contributed by atoms with Gasteiger partial charge in [-0.05, 0) is 20.3 Å². The van der Waals surface area contributed by atoms with Gasteiger partial charge in [0.15, 0.2) is 0 Å². The average molecular weight is 172 g/mol. The van der Waals surface area contributed by atoms with Crippen molar-refractivity contribution in [2.75, 3.05) is 0 Å². The summed E-state index contributed by atoms with van der Waals surface area (Å²) in [5, 5.41) is 0. The smallest absolute Gasteiger partial charge is 0.293 e. The first-order valence-electron chi connectivity index (χ1n) is 4.49. The summed E-state index contributed by atoms with van der Waals surface area (Å²) in [4.78, 5) is 10.2. The van der Waals surface area contributed by atoms with E-state index >= 15 is 0 Å². The SMILES string of the molecule is CCCC(C)(C)C(C)(C)OC=O. The van der Waals surface area contributed by atoms with Crippen LogP contribution in [0.4, 0.5) is 0 Å². The molecule has 12 heavy (non-hydrogen) atoms. The van der Waals surface area contributed by atoms with Gasteiger partial charge in [0.1, 0.15) is 5.60 Å². The summed E-state index contributed by atoms with van der Waals surface area (Å²) in [5.74, 6) is 0. The fraction of sp³-hybridized carbons (Fsp3) is 0.900. The van der Waals surface area contributed by atoms with Crippen LogP contribution in [0.2, 0.25) is 0 Å². The molecule has 0 aromatic carbocycles. The second kappa shape index (κ2) is 3.92. The van der Waals surface area contributed by atoms with E-state index in [9.17, 15) is 4.79 Å². The van der Waals surface area contributed by atoms with E-state index < -0.39 is 0 Å². The Morgan fingerprint density at radius 3 is 2.08 bits per heavy atom. The molecular weight excluding hydrogens is 152 g/mol. The molecule has 0 bridgehead atoms. The van der Waals surface area contributed by atoms with E-state index in [4.69, 9.17) is 4.74 Å². The summed E-state index contributed by atoms with van der Waals surface area (Å²) < 4.78 is 5.07. The summed E-state index contributed by atoms with van der Waals surface area (Å²) in [6, 6.07) is 0. The normalized spacial score (nSPS) is 12.8. The minimum atomic E-state index is -0.370. The number of hydrogen-bond donors (Lipinski definition) is 0. The largest absolute Gasteiger partial charge is 0.461 e. The van der Waals surface area contributed by atoms with Crippen LogP contribution >= 0.6 is 0 Å². The molecule has 0 aromatic heterocycles. The summed E-state index contributed by atoms with van der Waals surface area (Å²) in [5.41, 5.74) is -0.326. The number of carbonyl (C=O) groups is 1. The highest BCUT2D eigenvalue weighted by molar-refractivity contribution is 5.38. The Morgan fingerprint density at radius 2 is 1.75 bits per heavy atom. The van der Waals surface area contributed by atoms with Crippen molar-refractivity contribution in [2.45, 2.75) is 53.1 Å². The molecule has 0 radical (unpaired) electrons. The molecule has 0 unspecified atom stereocenters. The van der Waals surface area contributed by atoms with Crippen molar-refractivity contribution in [3.05, 3.63) is 0 Å². The monoisotopic (exact) mass is 172 g/mol. The molecule has 0 heterocycles. The van der Waals surface area contributed by atoms with Crippen LogP contribution < -0.4 is 0 Å². The van der Waals surface area contributed by atoms with Gasteiger partial charge in [0, 0.05) is 5.41 Å². The zero-order valence-corrected chi connectivity index (χ0v) is 8.81. The van der Waals surface area contributed by atoms with Gasteiger partial charge in [0.2, 0.25) is 0 Å². The van der Waals surface area contributed by atoms with E-state index in [1.54, 1.807) is 0 Å². The highest BCUT2D eigenvalue weighted by atomic mass is 16.5. The number of carbonyl (C=O) groups excluding carboxylic acids is 1. The van der Waals surface area contributed by atoms with Crippen LogP contribution in [0.3, 0.4) is 0 Å². The molecule has 0 spiro atoms. The van der Waals surface area contributed by atoms with Crippen molar-refractivity contribution in [1.29, 1.82) is 0 Å². The average Bonchev–Trinajstić information content (AvgIpc) is 1.86. The Kier molecular flexibility index (Phi) is 3.75. The minimum Gasteiger partial charge on any atom is -0.461 e. The molecular formula is C10H20O2. The van der Waals surface area contributed by atoms with Crippen LogP contribution in [0.15, 0.2) is 0 Å². The number of rotatable bonds is 5. The Labute approximate surface area is 75.3 Å². The molecule has 0 aliphatic carbocycles. The molecule has 0 aliphatic heterocycles. The lowest BCUT2D eigenvalue weighted by atomic mass is 9.74. The second-order valence-corrected chi connectivity index (χ2v) is 4.36. The standard InChI is InChI=1S/C10H20O2/c1-6-7-9(2,3)10(4,5)12-8-11/h8H,6-7H2,1-5H3. The number of hydrogen-bond acceptors (Lipinski definition) is 2. The van der Waals surface area contributed by atoms with Crippen LogP contribution in [-0.2, 0) is 9.53 Å². The molecule has 0 aromatic rings. The Balaban J connectivity index is 4.38. The Hall–Kier alpha value is -0.530. The van der Waals surface area contributed by atoms with Gasteiger partial charge in [-0.25, -0.2) is 0 Å². The topological polar surface area (TPSA) is 26.3 Å². The van der Waals surface area contributed by atoms with Crippen LogP contribution in [0, 0.1) is 5.41 Å². The third kappa shape index (κ3) is 2.50. The molecule has 0 fully saturated rings. The fourth-order valence-electron chi connectivity index (χ4n) is 1.21. The van der Waals surface area contributed by atoms with Gasteiger partial charge in [-0.2, -0.15) is 0 Å². The maximum absolute atomic E-state index is 10.2. The van der Waals surface area contributed by atoms with Crippen molar-refractivity contribution in [3.8, 4) is 0 Å². The molecule has 0 rings (SSSR count). The first-order valence-corrected chi connectivity index (χ1v) is 4.49. The maximum atomic E-state index is 10.2. The van der Waals surface area contributed by atoms with Crippen molar-refractivity contribution in [1.82, 2.24) is 0 Å². The molecule has 0 amide bonds. The minimum absolute atomic E-state index is 0.0443. The lowest BCUT2D eigenvalue weighted by Crippen LogP contribution is -2.41. The summed E-state index contributed by atoms with van der Waals surface area (Å²) in [6.07, 6.45) is 2.17.